The van der Waals surface area contributed by atoms with Crippen LogP contribution in [0.4, 0.5) is 5.95 Å². The lowest BCUT2D eigenvalue weighted by atomic mass is 10.4. The molecule has 1 fully saturated rings. The molecule has 4 nitrogen and oxygen atoms in total. The van der Waals surface area contributed by atoms with Crippen molar-refractivity contribution in [3.8, 4) is 0 Å². The Hall–Kier alpha value is -0.840. The van der Waals surface area contributed by atoms with Gasteiger partial charge in [0.15, 0.2) is 4.77 Å². The van der Waals surface area contributed by atoms with E-state index in [0.29, 0.717) is 0 Å². The highest BCUT2D eigenvalue weighted by Crippen LogP contribution is 2.30. The predicted octanol–water partition coefficient (Wildman–Crippen LogP) is 2.59. The van der Waals surface area contributed by atoms with E-state index in [0.717, 1.165) is 42.7 Å². The third-order valence-corrected chi connectivity index (χ3v) is 3.34. The van der Waals surface area contributed by atoms with Crippen molar-refractivity contribution >= 4 is 18.2 Å². The van der Waals surface area contributed by atoms with Crippen molar-refractivity contribution in [2.24, 2.45) is 5.92 Å². The maximum absolute atomic E-state index is 5.25. The van der Waals surface area contributed by atoms with Crippen molar-refractivity contribution in [2.75, 3.05) is 18.0 Å². The summed E-state index contributed by atoms with van der Waals surface area (Å²) in [5.74, 6) is 1.89. The predicted molar refractivity (Wildman–Crippen MR) is 68.3 cm³/mol. The van der Waals surface area contributed by atoms with Gasteiger partial charge in [0.25, 0.3) is 0 Å². The molecule has 1 N–H and O–H groups in total. The first-order valence-electron chi connectivity index (χ1n) is 6.16. The van der Waals surface area contributed by atoms with Crippen LogP contribution in [-0.2, 0) is 6.54 Å². The van der Waals surface area contributed by atoms with Crippen molar-refractivity contribution in [2.45, 2.75) is 39.7 Å². The van der Waals surface area contributed by atoms with Crippen LogP contribution in [0.3, 0.4) is 0 Å². The molecule has 1 heterocycles. The Balaban J connectivity index is 2.18. The first-order chi connectivity index (χ1) is 7.76. The summed E-state index contributed by atoms with van der Waals surface area (Å²) >= 11 is 5.25. The van der Waals surface area contributed by atoms with E-state index < -0.39 is 0 Å². The van der Waals surface area contributed by atoms with Gasteiger partial charge in [-0.25, -0.2) is 5.10 Å². The van der Waals surface area contributed by atoms with Gasteiger partial charge < -0.3 is 4.90 Å². The summed E-state index contributed by atoms with van der Waals surface area (Å²) in [5.41, 5.74) is 0. The molecule has 1 aliphatic rings. The Labute approximate surface area is 102 Å². The third kappa shape index (κ3) is 2.45. The monoisotopic (exact) mass is 240 g/mol. The number of nitrogens with zero attached hydrogens (tertiary/aromatic N) is 3. The molecule has 16 heavy (non-hydrogen) atoms. The zero-order valence-corrected chi connectivity index (χ0v) is 10.9. The van der Waals surface area contributed by atoms with Gasteiger partial charge in [-0.2, -0.15) is 0 Å². The minimum Gasteiger partial charge on any atom is -0.341 e. The molecular weight excluding hydrogens is 220 g/mol. The van der Waals surface area contributed by atoms with Gasteiger partial charge in [-0.1, -0.05) is 6.92 Å². The van der Waals surface area contributed by atoms with Crippen LogP contribution in [0.2, 0.25) is 0 Å². The molecule has 2 rings (SSSR count). The molecule has 90 valence electrons. The minimum atomic E-state index is 0.742. The lowest BCUT2D eigenvalue weighted by Crippen LogP contribution is -2.28. The minimum absolute atomic E-state index is 0.742. The van der Waals surface area contributed by atoms with Crippen LogP contribution < -0.4 is 4.90 Å². The van der Waals surface area contributed by atoms with Crippen LogP contribution in [0, 0.1) is 10.7 Å². The van der Waals surface area contributed by atoms with Crippen molar-refractivity contribution < 1.29 is 0 Å². The van der Waals surface area contributed by atoms with Crippen LogP contribution in [0.1, 0.15) is 33.1 Å². The molecule has 0 saturated heterocycles. The van der Waals surface area contributed by atoms with Crippen LogP contribution >= 0.6 is 12.2 Å². The Morgan fingerprint density at radius 1 is 1.50 bits per heavy atom. The number of H-pyrrole nitrogens is 1. The first kappa shape index (κ1) is 11.6. The van der Waals surface area contributed by atoms with E-state index in [1.807, 2.05) is 0 Å². The van der Waals surface area contributed by atoms with Gasteiger partial charge in [0, 0.05) is 19.6 Å². The molecule has 0 unspecified atom stereocenters. The van der Waals surface area contributed by atoms with Gasteiger partial charge in [-0.15, -0.1) is 5.10 Å². The van der Waals surface area contributed by atoms with Gasteiger partial charge in [0.1, 0.15) is 0 Å². The van der Waals surface area contributed by atoms with Gasteiger partial charge in [0.2, 0.25) is 5.95 Å². The van der Waals surface area contributed by atoms with Crippen molar-refractivity contribution in [3.05, 3.63) is 4.77 Å². The van der Waals surface area contributed by atoms with Crippen LogP contribution in [0.15, 0.2) is 0 Å². The Morgan fingerprint density at radius 3 is 2.81 bits per heavy atom. The molecule has 0 aliphatic heterocycles. The molecule has 0 bridgehead atoms. The highest BCUT2D eigenvalue weighted by Gasteiger charge is 2.25. The molecule has 0 amide bonds. The molecule has 1 aliphatic carbocycles. The van der Waals surface area contributed by atoms with E-state index in [9.17, 15) is 0 Å². The zero-order chi connectivity index (χ0) is 11.5. The van der Waals surface area contributed by atoms with E-state index >= 15 is 0 Å². The lowest BCUT2D eigenvalue weighted by molar-refractivity contribution is 0.632. The number of nitrogens with one attached hydrogen (secondary N) is 1. The van der Waals surface area contributed by atoms with Gasteiger partial charge in [-0.3, -0.25) is 4.57 Å². The van der Waals surface area contributed by atoms with E-state index in [1.165, 1.54) is 12.8 Å². The maximum Gasteiger partial charge on any atom is 0.225 e. The fourth-order valence-corrected chi connectivity index (χ4v) is 2.16. The average molecular weight is 240 g/mol. The van der Waals surface area contributed by atoms with E-state index in [2.05, 4.69) is 33.5 Å². The summed E-state index contributed by atoms with van der Waals surface area (Å²) < 4.78 is 2.85. The molecule has 1 saturated carbocycles. The molecule has 1 aromatic heterocycles. The Kier molecular flexibility index (Phi) is 3.63. The number of anilines is 1. The summed E-state index contributed by atoms with van der Waals surface area (Å²) in [5, 5.41) is 7.26. The molecule has 0 spiro atoms. The fourth-order valence-electron chi connectivity index (χ4n) is 1.94. The Bertz CT molecular complexity index is 391. The molecule has 1 aromatic rings. The number of hydrogen-bond donors (Lipinski definition) is 1. The standard InChI is InChI=1S/C11H20N4S/c1-3-7-15-10(12-13-11(15)16)14(4-2)8-9-5-6-9/h9H,3-8H2,1-2H3,(H,13,16). The van der Waals surface area contributed by atoms with Crippen molar-refractivity contribution in [1.82, 2.24) is 14.8 Å². The average Bonchev–Trinajstić information content (AvgIpc) is 3.03. The number of rotatable bonds is 6. The van der Waals surface area contributed by atoms with Crippen LogP contribution in [0.5, 0.6) is 0 Å². The first-order valence-corrected chi connectivity index (χ1v) is 6.57. The van der Waals surface area contributed by atoms with Gasteiger partial charge in [-0.05, 0) is 44.3 Å². The van der Waals surface area contributed by atoms with E-state index in [-0.39, 0.29) is 0 Å². The second kappa shape index (κ2) is 4.99. The van der Waals surface area contributed by atoms with Crippen molar-refractivity contribution in [3.63, 3.8) is 0 Å². The van der Waals surface area contributed by atoms with E-state index in [1.54, 1.807) is 0 Å². The summed E-state index contributed by atoms with van der Waals surface area (Å²) in [7, 11) is 0. The van der Waals surface area contributed by atoms with Crippen LogP contribution in [-0.4, -0.2) is 27.9 Å². The maximum atomic E-state index is 5.25. The molecule has 0 atom stereocenters. The fraction of sp³-hybridized carbons (Fsp3) is 0.818. The van der Waals surface area contributed by atoms with Gasteiger partial charge in [0.05, 0.1) is 0 Å². The largest absolute Gasteiger partial charge is 0.341 e. The summed E-state index contributed by atoms with van der Waals surface area (Å²) in [6, 6.07) is 0. The zero-order valence-electron chi connectivity index (χ0n) is 10.1. The topological polar surface area (TPSA) is 36.9 Å². The molecule has 0 radical (unpaired) electrons. The Morgan fingerprint density at radius 2 is 2.25 bits per heavy atom. The summed E-state index contributed by atoms with van der Waals surface area (Å²) in [4.78, 5) is 2.33. The quantitative estimate of drug-likeness (QED) is 0.777. The van der Waals surface area contributed by atoms with Crippen LogP contribution in [0.25, 0.3) is 0 Å². The highest BCUT2D eigenvalue weighted by atomic mass is 32.1. The number of aromatic amines is 1. The number of hydrogen-bond acceptors (Lipinski definition) is 3. The highest BCUT2D eigenvalue weighted by molar-refractivity contribution is 7.71. The normalized spacial score (nSPS) is 15.4. The number of aromatic nitrogens is 3. The second-order valence-electron chi connectivity index (χ2n) is 4.46. The van der Waals surface area contributed by atoms with Crippen molar-refractivity contribution in [1.29, 1.82) is 0 Å². The third-order valence-electron chi connectivity index (χ3n) is 3.03. The molecule has 5 heteroatoms. The molecular formula is C11H20N4S. The summed E-state index contributed by atoms with van der Waals surface area (Å²) in [6.45, 7) is 7.41. The lowest BCUT2D eigenvalue weighted by Gasteiger charge is -2.21. The summed E-state index contributed by atoms with van der Waals surface area (Å²) in [6.07, 6.45) is 3.83. The van der Waals surface area contributed by atoms with Gasteiger partial charge >= 0.3 is 0 Å². The second-order valence-corrected chi connectivity index (χ2v) is 4.85. The molecule has 0 aromatic carbocycles. The van der Waals surface area contributed by atoms with E-state index in [4.69, 9.17) is 12.2 Å². The SMILES string of the molecule is CCCn1c(N(CC)CC2CC2)n[nH]c1=S. The smallest absolute Gasteiger partial charge is 0.225 e.